The number of morpholine rings is 1. The first-order valence-electron chi connectivity index (χ1n) is 5.29. The first-order chi connectivity index (χ1) is 7.97. The SMILES string of the molecule is CS(=O)(=O)N1CCOC(c2cccc(Br)c2)C1. The molecule has 0 aliphatic carbocycles. The highest BCUT2D eigenvalue weighted by atomic mass is 79.9. The summed E-state index contributed by atoms with van der Waals surface area (Å²) in [6, 6.07) is 7.75. The Morgan fingerprint density at radius 3 is 2.88 bits per heavy atom. The van der Waals surface area contributed by atoms with E-state index in [1.165, 1.54) is 10.6 Å². The fraction of sp³-hybridized carbons (Fsp3) is 0.455. The Morgan fingerprint density at radius 2 is 2.24 bits per heavy atom. The molecule has 1 atom stereocenters. The van der Waals surface area contributed by atoms with Gasteiger partial charge in [-0.1, -0.05) is 28.1 Å². The predicted molar refractivity (Wildman–Crippen MR) is 69.3 cm³/mol. The van der Waals surface area contributed by atoms with Crippen LogP contribution in [0.2, 0.25) is 0 Å². The number of hydrogen-bond acceptors (Lipinski definition) is 3. The summed E-state index contributed by atoms with van der Waals surface area (Å²) in [6.07, 6.45) is 1.05. The molecule has 1 fully saturated rings. The molecular formula is C11H14BrNO3S. The van der Waals surface area contributed by atoms with Crippen LogP contribution in [0.25, 0.3) is 0 Å². The van der Waals surface area contributed by atoms with Crippen LogP contribution in [0.5, 0.6) is 0 Å². The van der Waals surface area contributed by atoms with Crippen molar-refractivity contribution in [3.05, 3.63) is 34.3 Å². The minimum absolute atomic E-state index is 0.184. The third kappa shape index (κ3) is 3.28. The molecule has 0 aromatic heterocycles. The van der Waals surface area contributed by atoms with Gasteiger partial charge >= 0.3 is 0 Å². The Labute approximate surface area is 110 Å². The second-order valence-corrected chi connectivity index (χ2v) is 6.93. The van der Waals surface area contributed by atoms with Crippen LogP contribution >= 0.6 is 15.9 Å². The van der Waals surface area contributed by atoms with Crippen LogP contribution in [0, 0.1) is 0 Å². The highest BCUT2D eigenvalue weighted by molar-refractivity contribution is 9.10. The van der Waals surface area contributed by atoms with Crippen molar-refractivity contribution in [1.29, 1.82) is 0 Å². The number of rotatable bonds is 2. The molecule has 6 heteroatoms. The van der Waals surface area contributed by atoms with E-state index in [-0.39, 0.29) is 6.10 Å². The van der Waals surface area contributed by atoms with Crippen molar-refractivity contribution in [2.75, 3.05) is 26.0 Å². The maximum atomic E-state index is 11.5. The lowest BCUT2D eigenvalue weighted by molar-refractivity contribution is -0.00237. The number of sulfonamides is 1. The molecule has 0 amide bonds. The summed E-state index contributed by atoms with van der Waals surface area (Å²) in [4.78, 5) is 0. The second kappa shape index (κ2) is 5.06. The van der Waals surface area contributed by atoms with Gasteiger partial charge in [0.25, 0.3) is 0 Å². The second-order valence-electron chi connectivity index (χ2n) is 4.04. The molecule has 1 aliphatic heterocycles. The summed E-state index contributed by atoms with van der Waals surface area (Å²) in [5, 5.41) is 0. The molecule has 0 N–H and O–H groups in total. The average molecular weight is 320 g/mol. The number of benzene rings is 1. The minimum atomic E-state index is -3.14. The Hall–Kier alpha value is -0.430. The molecule has 4 nitrogen and oxygen atoms in total. The van der Waals surface area contributed by atoms with E-state index in [4.69, 9.17) is 4.74 Å². The molecule has 0 spiro atoms. The molecule has 1 aromatic carbocycles. The molecule has 0 bridgehead atoms. The van der Waals surface area contributed by atoms with Gasteiger partial charge in [-0.3, -0.25) is 0 Å². The third-order valence-electron chi connectivity index (χ3n) is 2.72. The van der Waals surface area contributed by atoms with Crippen molar-refractivity contribution >= 4 is 26.0 Å². The highest BCUT2D eigenvalue weighted by Gasteiger charge is 2.27. The number of hydrogen-bond donors (Lipinski definition) is 0. The van der Waals surface area contributed by atoms with Crippen molar-refractivity contribution in [3.63, 3.8) is 0 Å². The third-order valence-corrected chi connectivity index (χ3v) is 4.48. The van der Waals surface area contributed by atoms with E-state index in [9.17, 15) is 8.42 Å². The van der Waals surface area contributed by atoms with Gasteiger partial charge < -0.3 is 4.74 Å². The number of halogens is 1. The molecule has 1 aliphatic rings. The zero-order valence-electron chi connectivity index (χ0n) is 9.47. The van der Waals surface area contributed by atoms with Gasteiger partial charge in [-0.15, -0.1) is 0 Å². The van der Waals surface area contributed by atoms with Gasteiger partial charge in [-0.05, 0) is 17.7 Å². The normalized spacial score (nSPS) is 22.6. The molecule has 1 aromatic rings. The van der Waals surface area contributed by atoms with Crippen LogP contribution in [0.3, 0.4) is 0 Å². The molecule has 94 valence electrons. The minimum Gasteiger partial charge on any atom is -0.371 e. The van der Waals surface area contributed by atoms with E-state index in [2.05, 4.69) is 15.9 Å². The van der Waals surface area contributed by atoms with Crippen molar-refractivity contribution in [2.24, 2.45) is 0 Å². The zero-order chi connectivity index (χ0) is 12.5. The highest BCUT2D eigenvalue weighted by Crippen LogP contribution is 2.25. The smallest absolute Gasteiger partial charge is 0.211 e. The van der Waals surface area contributed by atoms with E-state index < -0.39 is 10.0 Å². The van der Waals surface area contributed by atoms with Gasteiger partial charge in [0.05, 0.1) is 19.0 Å². The monoisotopic (exact) mass is 319 g/mol. The van der Waals surface area contributed by atoms with Gasteiger partial charge in [0, 0.05) is 17.6 Å². The van der Waals surface area contributed by atoms with Gasteiger partial charge in [-0.2, -0.15) is 4.31 Å². The fourth-order valence-corrected chi connectivity index (χ4v) is 3.06. The molecule has 1 heterocycles. The van der Waals surface area contributed by atoms with Crippen LogP contribution in [0.1, 0.15) is 11.7 Å². The lowest BCUT2D eigenvalue weighted by Crippen LogP contribution is -2.41. The first-order valence-corrected chi connectivity index (χ1v) is 7.93. The van der Waals surface area contributed by atoms with Crippen LogP contribution < -0.4 is 0 Å². The van der Waals surface area contributed by atoms with E-state index in [1.807, 2.05) is 24.3 Å². The Balaban J connectivity index is 2.18. The topological polar surface area (TPSA) is 46.6 Å². The van der Waals surface area contributed by atoms with Crippen molar-refractivity contribution in [3.8, 4) is 0 Å². The quantitative estimate of drug-likeness (QED) is 0.834. The van der Waals surface area contributed by atoms with Crippen LogP contribution in [0.15, 0.2) is 28.7 Å². The lowest BCUT2D eigenvalue weighted by atomic mass is 10.1. The van der Waals surface area contributed by atoms with E-state index >= 15 is 0 Å². The lowest BCUT2D eigenvalue weighted by Gasteiger charge is -2.31. The van der Waals surface area contributed by atoms with Gasteiger partial charge in [0.2, 0.25) is 10.0 Å². The maximum Gasteiger partial charge on any atom is 0.211 e. The van der Waals surface area contributed by atoms with Crippen molar-refractivity contribution in [2.45, 2.75) is 6.10 Å². The summed E-state index contributed by atoms with van der Waals surface area (Å²) in [5.41, 5.74) is 0.993. The fourth-order valence-electron chi connectivity index (χ4n) is 1.84. The zero-order valence-corrected chi connectivity index (χ0v) is 11.9. The van der Waals surface area contributed by atoms with E-state index in [0.717, 1.165) is 10.0 Å². The maximum absolute atomic E-state index is 11.5. The summed E-state index contributed by atoms with van der Waals surface area (Å²) in [6.45, 7) is 1.25. The largest absolute Gasteiger partial charge is 0.371 e. The summed E-state index contributed by atoms with van der Waals surface area (Å²) < 4.78 is 31.0. The first kappa shape index (κ1) is 13.0. The predicted octanol–water partition coefficient (Wildman–Crippen LogP) is 1.78. The van der Waals surface area contributed by atoms with Gasteiger partial charge in [0.1, 0.15) is 0 Å². The Morgan fingerprint density at radius 1 is 1.47 bits per heavy atom. The van der Waals surface area contributed by atoms with Gasteiger partial charge in [-0.25, -0.2) is 8.42 Å². The van der Waals surface area contributed by atoms with E-state index in [0.29, 0.717) is 19.7 Å². The van der Waals surface area contributed by atoms with Crippen LogP contribution in [0.4, 0.5) is 0 Å². The molecule has 0 saturated carbocycles. The Kier molecular flexibility index (Phi) is 3.87. The standard InChI is InChI=1S/C11H14BrNO3S/c1-17(14,15)13-5-6-16-11(8-13)9-3-2-4-10(12)7-9/h2-4,7,11H,5-6,8H2,1H3. The molecule has 17 heavy (non-hydrogen) atoms. The summed E-state index contributed by atoms with van der Waals surface area (Å²) in [7, 11) is -3.14. The molecular weight excluding hydrogens is 306 g/mol. The molecule has 0 radical (unpaired) electrons. The average Bonchev–Trinajstić information content (AvgIpc) is 2.28. The number of ether oxygens (including phenoxy) is 1. The molecule has 2 rings (SSSR count). The Bertz CT molecular complexity index is 503. The molecule has 1 saturated heterocycles. The van der Waals surface area contributed by atoms with Crippen molar-refractivity contribution in [1.82, 2.24) is 4.31 Å². The van der Waals surface area contributed by atoms with E-state index in [1.54, 1.807) is 0 Å². The van der Waals surface area contributed by atoms with Crippen LogP contribution in [-0.2, 0) is 14.8 Å². The van der Waals surface area contributed by atoms with Gasteiger partial charge in [0.15, 0.2) is 0 Å². The molecule has 1 unspecified atom stereocenters. The summed E-state index contributed by atoms with van der Waals surface area (Å²) in [5.74, 6) is 0. The van der Waals surface area contributed by atoms with Crippen molar-refractivity contribution < 1.29 is 13.2 Å². The van der Waals surface area contributed by atoms with Crippen LogP contribution in [-0.4, -0.2) is 38.7 Å². The summed E-state index contributed by atoms with van der Waals surface area (Å²) >= 11 is 3.40. The number of nitrogens with zero attached hydrogens (tertiary/aromatic N) is 1.